The Kier molecular flexibility index (Phi) is 7.18. The van der Waals surface area contributed by atoms with Crippen molar-refractivity contribution in [2.45, 2.75) is 46.6 Å². The van der Waals surface area contributed by atoms with E-state index >= 15 is 0 Å². The van der Waals surface area contributed by atoms with Crippen LogP contribution in [0.3, 0.4) is 0 Å². The Morgan fingerprint density at radius 2 is 1.73 bits per heavy atom. The maximum absolute atomic E-state index is 11.5. The zero-order valence-corrected chi connectivity index (χ0v) is 11.2. The van der Waals surface area contributed by atoms with Crippen molar-refractivity contribution in [1.82, 2.24) is 5.32 Å². The molecule has 0 saturated carbocycles. The zero-order valence-electron chi connectivity index (χ0n) is 10.4. The van der Waals surface area contributed by atoms with E-state index in [1.54, 1.807) is 0 Å². The van der Waals surface area contributed by atoms with Crippen molar-refractivity contribution in [2.24, 2.45) is 5.92 Å². The first-order valence-electron chi connectivity index (χ1n) is 5.86. The summed E-state index contributed by atoms with van der Waals surface area (Å²) in [6, 6.07) is 0.395. The van der Waals surface area contributed by atoms with Crippen molar-refractivity contribution in [1.29, 1.82) is 0 Å². The van der Waals surface area contributed by atoms with Crippen LogP contribution in [0.2, 0.25) is 0 Å². The summed E-state index contributed by atoms with van der Waals surface area (Å²) in [7, 11) is -2.80. The molecule has 0 radical (unpaired) electrons. The molecule has 2 unspecified atom stereocenters. The topological polar surface area (TPSA) is 46.2 Å². The van der Waals surface area contributed by atoms with Gasteiger partial charge < -0.3 is 5.32 Å². The molecule has 0 bridgehead atoms. The fraction of sp³-hybridized carbons (Fsp3) is 1.00. The predicted octanol–water partition coefficient (Wildman–Crippen LogP) is 1.84. The van der Waals surface area contributed by atoms with E-state index in [4.69, 9.17) is 0 Å². The molecule has 0 aliphatic rings. The molecule has 15 heavy (non-hydrogen) atoms. The third-order valence-electron chi connectivity index (χ3n) is 2.78. The first-order chi connectivity index (χ1) is 6.93. The molecule has 0 aromatic carbocycles. The van der Waals surface area contributed by atoms with E-state index < -0.39 is 9.84 Å². The molecule has 1 N–H and O–H groups in total. The summed E-state index contributed by atoms with van der Waals surface area (Å²) in [6.45, 7) is 9.13. The number of nitrogens with one attached hydrogen (secondary N) is 1. The van der Waals surface area contributed by atoms with E-state index in [9.17, 15) is 8.42 Å². The Bertz CT molecular complexity index is 249. The highest BCUT2D eigenvalue weighted by Gasteiger charge is 2.15. The van der Waals surface area contributed by atoms with Crippen molar-refractivity contribution in [3.05, 3.63) is 0 Å². The van der Waals surface area contributed by atoms with Gasteiger partial charge in [-0.1, -0.05) is 20.8 Å². The van der Waals surface area contributed by atoms with Crippen LogP contribution in [0.5, 0.6) is 0 Å². The van der Waals surface area contributed by atoms with Crippen LogP contribution in [-0.4, -0.2) is 32.5 Å². The Labute approximate surface area is 94.6 Å². The van der Waals surface area contributed by atoms with Gasteiger partial charge in [-0.25, -0.2) is 8.42 Å². The molecule has 0 aromatic rings. The van der Waals surface area contributed by atoms with Gasteiger partial charge in [0.25, 0.3) is 0 Å². The lowest BCUT2D eigenvalue weighted by Gasteiger charge is -2.20. The van der Waals surface area contributed by atoms with E-state index in [2.05, 4.69) is 26.1 Å². The molecule has 0 spiro atoms. The Morgan fingerprint density at radius 3 is 2.20 bits per heavy atom. The summed E-state index contributed by atoms with van der Waals surface area (Å²) in [5, 5.41) is 3.32. The molecule has 0 aliphatic heterocycles. The highest BCUT2D eigenvalue weighted by molar-refractivity contribution is 7.91. The average molecular weight is 235 g/mol. The lowest BCUT2D eigenvalue weighted by molar-refractivity contribution is 0.398. The second-order valence-electron chi connectivity index (χ2n) is 4.26. The lowest BCUT2D eigenvalue weighted by Crippen LogP contribution is -2.33. The minimum atomic E-state index is -2.80. The molecule has 4 heteroatoms. The summed E-state index contributed by atoms with van der Waals surface area (Å²) in [5.41, 5.74) is 0. The lowest BCUT2D eigenvalue weighted by atomic mass is 10.0. The van der Waals surface area contributed by atoms with Crippen LogP contribution < -0.4 is 5.32 Å². The van der Waals surface area contributed by atoms with Gasteiger partial charge in [-0.3, -0.25) is 0 Å². The minimum absolute atomic E-state index is 0.329. The van der Waals surface area contributed by atoms with Crippen molar-refractivity contribution in [2.75, 3.05) is 18.1 Å². The minimum Gasteiger partial charge on any atom is -0.314 e. The smallest absolute Gasteiger partial charge is 0.150 e. The van der Waals surface area contributed by atoms with Crippen LogP contribution in [0.15, 0.2) is 0 Å². The van der Waals surface area contributed by atoms with Gasteiger partial charge in [0.1, 0.15) is 9.84 Å². The van der Waals surface area contributed by atoms with Crippen LogP contribution in [0.25, 0.3) is 0 Å². The molecular weight excluding hydrogens is 210 g/mol. The highest BCUT2D eigenvalue weighted by Crippen LogP contribution is 2.10. The summed E-state index contributed by atoms with van der Waals surface area (Å²) >= 11 is 0. The van der Waals surface area contributed by atoms with E-state index in [0.717, 1.165) is 19.4 Å². The highest BCUT2D eigenvalue weighted by atomic mass is 32.2. The first kappa shape index (κ1) is 14.9. The number of hydrogen-bond acceptors (Lipinski definition) is 3. The van der Waals surface area contributed by atoms with Crippen LogP contribution >= 0.6 is 0 Å². The van der Waals surface area contributed by atoms with E-state index in [1.807, 2.05) is 6.92 Å². The van der Waals surface area contributed by atoms with Gasteiger partial charge >= 0.3 is 0 Å². The Balaban J connectivity index is 3.94. The van der Waals surface area contributed by atoms with Gasteiger partial charge in [0, 0.05) is 11.8 Å². The fourth-order valence-corrected chi connectivity index (χ4v) is 3.11. The molecule has 3 nitrogen and oxygen atoms in total. The van der Waals surface area contributed by atoms with Gasteiger partial charge in [-0.05, 0) is 32.2 Å². The summed E-state index contributed by atoms with van der Waals surface area (Å²) in [4.78, 5) is 0. The van der Waals surface area contributed by atoms with E-state index in [1.165, 1.54) is 0 Å². The van der Waals surface area contributed by atoms with Crippen molar-refractivity contribution in [3.8, 4) is 0 Å². The molecule has 0 aliphatic carbocycles. The van der Waals surface area contributed by atoms with Gasteiger partial charge in [-0.2, -0.15) is 0 Å². The van der Waals surface area contributed by atoms with Crippen LogP contribution in [0.1, 0.15) is 40.5 Å². The number of hydrogen-bond donors (Lipinski definition) is 1. The molecule has 2 atom stereocenters. The van der Waals surface area contributed by atoms with E-state index in [-0.39, 0.29) is 0 Å². The molecule has 0 heterocycles. The predicted molar refractivity (Wildman–Crippen MR) is 65.9 cm³/mol. The maximum Gasteiger partial charge on any atom is 0.150 e. The second-order valence-corrected chi connectivity index (χ2v) is 6.57. The molecular formula is C11H25NO2S. The SMILES string of the molecule is CCCS(=O)(=O)CCC(C)C(C)NCC. The number of sulfone groups is 1. The van der Waals surface area contributed by atoms with Gasteiger partial charge in [0.15, 0.2) is 0 Å². The first-order valence-corrected chi connectivity index (χ1v) is 7.68. The van der Waals surface area contributed by atoms with Gasteiger partial charge in [0.2, 0.25) is 0 Å². The summed E-state index contributed by atoms with van der Waals surface area (Å²) < 4.78 is 23.0. The fourth-order valence-electron chi connectivity index (χ4n) is 1.55. The maximum atomic E-state index is 11.5. The second kappa shape index (κ2) is 7.23. The number of rotatable bonds is 8. The molecule has 0 aromatic heterocycles. The molecule has 92 valence electrons. The van der Waals surface area contributed by atoms with Crippen molar-refractivity contribution < 1.29 is 8.42 Å². The largest absolute Gasteiger partial charge is 0.314 e. The normalized spacial score (nSPS) is 16.3. The average Bonchev–Trinajstić information content (AvgIpc) is 2.14. The third kappa shape index (κ3) is 6.90. The van der Waals surface area contributed by atoms with Crippen molar-refractivity contribution in [3.63, 3.8) is 0 Å². The molecule has 0 rings (SSSR count). The standard InChI is InChI=1S/C11H25NO2S/c1-5-8-15(13,14)9-7-10(3)11(4)12-6-2/h10-12H,5-9H2,1-4H3. The Hall–Kier alpha value is -0.0900. The molecule has 0 saturated heterocycles. The zero-order chi connectivity index (χ0) is 11.9. The summed E-state index contributed by atoms with van der Waals surface area (Å²) in [5.74, 6) is 1.07. The van der Waals surface area contributed by atoms with E-state index in [0.29, 0.717) is 23.5 Å². The van der Waals surface area contributed by atoms with Crippen LogP contribution in [0, 0.1) is 5.92 Å². The molecule has 0 fully saturated rings. The summed E-state index contributed by atoms with van der Waals surface area (Å²) in [6.07, 6.45) is 1.48. The quantitative estimate of drug-likeness (QED) is 0.698. The van der Waals surface area contributed by atoms with Gasteiger partial charge in [-0.15, -0.1) is 0 Å². The monoisotopic (exact) mass is 235 g/mol. The third-order valence-corrected chi connectivity index (χ3v) is 4.67. The van der Waals surface area contributed by atoms with Gasteiger partial charge in [0.05, 0.1) is 5.75 Å². The van der Waals surface area contributed by atoms with Crippen LogP contribution in [-0.2, 0) is 9.84 Å². The van der Waals surface area contributed by atoms with Crippen LogP contribution in [0.4, 0.5) is 0 Å². The Morgan fingerprint density at radius 1 is 1.13 bits per heavy atom. The molecule has 0 amide bonds. The van der Waals surface area contributed by atoms with Crippen molar-refractivity contribution >= 4 is 9.84 Å².